The Morgan fingerprint density at radius 2 is 2.29 bits per heavy atom. The van der Waals surface area contributed by atoms with E-state index in [1.165, 1.54) is 10.4 Å². The molecular formula is C13H20N2O4S2. The molecular weight excluding hydrogens is 312 g/mol. The molecule has 0 radical (unpaired) electrons. The number of rotatable bonds is 5. The Labute approximate surface area is 128 Å². The van der Waals surface area contributed by atoms with Crippen LogP contribution in [0, 0.1) is 12.8 Å². The highest BCUT2D eigenvalue weighted by atomic mass is 32.2. The fourth-order valence-electron chi connectivity index (χ4n) is 2.67. The molecule has 6 nitrogen and oxygen atoms in total. The average molecular weight is 332 g/mol. The number of piperidine rings is 1. The number of nitrogens with one attached hydrogen (secondary N) is 1. The number of aromatic carboxylic acids is 1. The third kappa shape index (κ3) is 3.45. The lowest BCUT2D eigenvalue weighted by Gasteiger charge is -2.31. The Hall–Kier alpha value is -0.960. The Morgan fingerprint density at radius 1 is 1.57 bits per heavy atom. The summed E-state index contributed by atoms with van der Waals surface area (Å²) in [6.07, 6.45) is 1.84. The fraction of sp³-hybridized carbons (Fsp3) is 0.615. The number of carboxylic acids is 1. The largest absolute Gasteiger partial charge is 0.477 e. The molecule has 2 heterocycles. The number of sulfonamides is 1. The smallest absolute Gasteiger partial charge is 0.345 e. The van der Waals surface area contributed by atoms with E-state index < -0.39 is 16.0 Å². The zero-order valence-corrected chi connectivity index (χ0v) is 13.8. The van der Waals surface area contributed by atoms with Crippen LogP contribution < -0.4 is 5.32 Å². The first-order chi connectivity index (χ1) is 9.86. The lowest BCUT2D eigenvalue weighted by Crippen LogP contribution is -2.42. The molecule has 1 aliphatic rings. The summed E-state index contributed by atoms with van der Waals surface area (Å²) in [5.41, 5.74) is 0. The van der Waals surface area contributed by atoms with Crippen LogP contribution in [0.25, 0.3) is 0 Å². The van der Waals surface area contributed by atoms with Crippen LogP contribution >= 0.6 is 11.3 Å². The summed E-state index contributed by atoms with van der Waals surface area (Å²) in [7, 11) is -1.75. The molecule has 1 aromatic rings. The number of thiophene rings is 1. The van der Waals surface area contributed by atoms with E-state index in [2.05, 4.69) is 5.32 Å². The highest BCUT2D eigenvalue weighted by Gasteiger charge is 2.32. The van der Waals surface area contributed by atoms with Crippen molar-refractivity contribution < 1.29 is 18.3 Å². The van der Waals surface area contributed by atoms with Gasteiger partial charge in [0.05, 0.1) is 4.90 Å². The number of hydrogen-bond acceptors (Lipinski definition) is 5. The predicted octanol–water partition coefficient (Wildman–Crippen LogP) is 1.37. The number of carbonyl (C=O) groups is 1. The second-order valence-electron chi connectivity index (χ2n) is 5.27. The fourth-order valence-corrected chi connectivity index (χ4v) is 5.62. The summed E-state index contributed by atoms with van der Waals surface area (Å²) >= 11 is 1.01. The first-order valence-corrected chi connectivity index (χ1v) is 9.10. The molecule has 0 aliphatic carbocycles. The summed E-state index contributed by atoms with van der Waals surface area (Å²) in [6.45, 7) is 3.43. The number of nitrogens with zero attached hydrogens (tertiary/aromatic N) is 1. The molecule has 1 saturated heterocycles. The zero-order valence-electron chi connectivity index (χ0n) is 12.1. The molecule has 1 aliphatic heterocycles. The Balaban J connectivity index is 2.27. The first-order valence-electron chi connectivity index (χ1n) is 6.84. The van der Waals surface area contributed by atoms with Gasteiger partial charge in [0.25, 0.3) is 0 Å². The highest BCUT2D eigenvalue weighted by molar-refractivity contribution is 7.89. The minimum atomic E-state index is -3.60. The maximum absolute atomic E-state index is 12.7. The van der Waals surface area contributed by atoms with Gasteiger partial charge in [0.1, 0.15) is 4.88 Å². The third-order valence-electron chi connectivity index (χ3n) is 3.68. The van der Waals surface area contributed by atoms with Crippen molar-refractivity contribution in [1.29, 1.82) is 0 Å². The van der Waals surface area contributed by atoms with Gasteiger partial charge in [0, 0.05) is 18.0 Å². The lowest BCUT2D eigenvalue weighted by molar-refractivity contribution is 0.0702. The van der Waals surface area contributed by atoms with Crippen molar-refractivity contribution in [2.24, 2.45) is 5.92 Å². The Bertz CT molecular complexity index is 622. The molecule has 118 valence electrons. The van der Waals surface area contributed by atoms with Gasteiger partial charge in [-0.25, -0.2) is 13.2 Å². The van der Waals surface area contributed by atoms with Gasteiger partial charge in [-0.2, -0.15) is 4.31 Å². The van der Waals surface area contributed by atoms with Crippen LogP contribution in [0.5, 0.6) is 0 Å². The molecule has 2 N–H and O–H groups in total. The molecule has 21 heavy (non-hydrogen) atoms. The number of aryl methyl sites for hydroxylation is 1. The second kappa shape index (κ2) is 6.43. The molecule has 1 aromatic heterocycles. The van der Waals surface area contributed by atoms with Crippen LogP contribution in [0.1, 0.15) is 27.4 Å². The molecule has 0 aromatic carbocycles. The van der Waals surface area contributed by atoms with Crippen molar-refractivity contribution in [3.8, 4) is 0 Å². The van der Waals surface area contributed by atoms with Crippen LogP contribution in [-0.4, -0.2) is 50.5 Å². The lowest BCUT2D eigenvalue weighted by atomic mass is 10.00. The van der Waals surface area contributed by atoms with E-state index >= 15 is 0 Å². The minimum absolute atomic E-state index is 0.0647. The molecule has 0 bridgehead atoms. The molecule has 8 heteroatoms. The van der Waals surface area contributed by atoms with Gasteiger partial charge in [-0.05, 0) is 45.3 Å². The molecule has 0 amide bonds. The summed E-state index contributed by atoms with van der Waals surface area (Å²) in [4.78, 5) is 11.7. The van der Waals surface area contributed by atoms with E-state index in [9.17, 15) is 13.2 Å². The summed E-state index contributed by atoms with van der Waals surface area (Å²) in [5, 5.41) is 12.1. The van der Waals surface area contributed by atoms with Crippen LogP contribution in [0.4, 0.5) is 0 Å². The van der Waals surface area contributed by atoms with Crippen LogP contribution in [-0.2, 0) is 10.0 Å². The molecule has 2 rings (SSSR count). The number of hydrogen-bond donors (Lipinski definition) is 2. The van der Waals surface area contributed by atoms with Crippen LogP contribution in [0.15, 0.2) is 11.0 Å². The predicted molar refractivity (Wildman–Crippen MR) is 81.4 cm³/mol. The molecule has 1 unspecified atom stereocenters. The van der Waals surface area contributed by atoms with E-state index in [1.807, 2.05) is 7.05 Å². The maximum atomic E-state index is 12.7. The molecule has 0 spiro atoms. The average Bonchev–Trinajstić information content (AvgIpc) is 2.82. The van der Waals surface area contributed by atoms with Gasteiger partial charge < -0.3 is 10.4 Å². The minimum Gasteiger partial charge on any atom is -0.477 e. The Morgan fingerprint density at radius 3 is 2.86 bits per heavy atom. The van der Waals surface area contributed by atoms with Crippen molar-refractivity contribution in [3.63, 3.8) is 0 Å². The van der Waals surface area contributed by atoms with Gasteiger partial charge in [0.15, 0.2) is 0 Å². The van der Waals surface area contributed by atoms with E-state index in [0.29, 0.717) is 23.9 Å². The normalized spacial score (nSPS) is 20.6. The van der Waals surface area contributed by atoms with Crippen LogP contribution in [0.2, 0.25) is 0 Å². The topological polar surface area (TPSA) is 86.7 Å². The summed E-state index contributed by atoms with van der Waals surface area (Å²) < 4.78 is 26.9. The standard InChI is InChI=1S/C13H20N2O4S2/c1-9-12(6-11(20-9)13(16)17)21(18,19)15-5-3-4-10(8-15)7-14-2/h6,10,14H,3-5,7-8H2,1-2H3,(H,16,17). The van der Waals surface area contributed by atoms with Gasteiger partial charge >= 0.3 is 5.97 Å². The maximum Gasteiger partial charge on any atom is 0.345 e. The highest BCUT2D eigenvalue weighted by Crippen LogP contribution is 2.30. The van der Waals surface area contributed by atoms with Gasteiger partial charge in [-0.1, -0.05) is 0 Å². The Kier molecular flexibility index (Phi) is 5.03. The summed E-state index contributed by atoms with van der Waals surface area (Å²) in [5.74, 6) is -0.785. The van der Waals surface area contributed by atoms with Crippen molar-refractivity contribution in [2.45, 2.75) is 24.7 Å². The number of carboxylic acid groups (broad SMARTS) is 1. The van der Waals surface area contributed by atoms with Crippen molar-refractivity contribution in [1.82, 2.24) is 9.62 Å². The summed E-state index contributed by atoms with van der Waals surface area (Å²) in [6, 6.07) is 1.28. The quantitative estimate of drug-likeness (QED) is 0.850. The second-order valence-corrected chi connectivity index (χ2v) is 8.43. The van der Waals surface area contributed by atoms with Crippen molar-refractivity contribution in [2.75, 3.05) is 26.7 Å². The van der Waals surface area contributed by atoms with E-state index in [0.717, 1.165) is 30.7 Å². The van der Waals surface area contributed by atoms with Crippen molar-refractivity contribution in [3.05, 3.63) is 15.8 Å². The molecule has 1 atom stereocenters. The zero-order chi connectivity index (χ0) is 15.6. The van der Waals surface area contributed by atoms with E-state index in [4.69, 9.17) is 5.11 Å². The molecule has 1 fully saturated rings. The van der Waals surface area contributed by atoms with Gasteiger partial charge in [-0.15, -0.1) is 11.3 Å². The van der Waals surface area contributed by atoms with Gasteiger partial charge in [-0.3, -0.25) is 0 Å². The third-order valence-corrected chi connectivity index (χ3v) is 6.83. The monoisotopic (exact) mass is 332 g/mol. The van der Waals surface area contributed by atoms with Gasteiger partial charge in [0.2, 0.25) is 10.0 Å². The first kappa shape index (κ1) is 16.4. The SMILES string of the molecule is CNCC1CCCN(S(=O)(=O)c2cc(C(=O)O)sc2C)C1. The van der Waals surface area contributed by atoms with Crippen molar-refractivity contribution >= 4 is 27.3 Å². The van der Waals surface area contributed by atoms with E-state index in [1.54, 1.807) is 6.92 Å². The van der Waals surface area contributed by atoms with Crippen LogP contribution in [0.3, 0.4) is 0 Å². The molecule has 0 saturated carbocycles. The van der Waals surface area contributed by atoms with E-state index in [-0.39, 0.29) is 9.77 Å².